The summed E-state index contributed by atoms with van der Waals surface area (Å²) < 4.78 is 10.9. The molecule has 0 aromatic heterocycles. The van der Waals surface area contributed by atoms with Crippen LogP contribution in [0.4, 0.5) is 10.5 Å². The molecule has 0 aliphatic heterocycles. The Balaban J connectivity index is 1.69. The molecule has 0 radical (unpaired) electrons. The maximum atomic E-state index is 11.8. The highest BCUT2D eigenvalue weighted by Crippen LogP contribution is 2.28. The topological polar surface area (TPSA) is 84.0 Å². The number of nitrogens with one attached hydrogen (secondary N) is 3. The van der Waals surface area contributed by atoms with E-state index in [1.807, 2.05) is 45.0 Å². The number of ether oxygens (including phenoxy) is 2. The molecule has 0 bridgehead atoms. The van der Waals surface area contributed by atoms with Gasteiger partial charge < -0.3 is 20.1 Å². The molecule has 162 valence electrons. The Morgan fingerprint density at radius 2 is 1.90 bits per heavy atom. The van der Waals surface area contributed by atoms with Crippen molar-refractivity contribution in [2.45, 2.75) is 52.6 Å². The molecule has 1 saturated carbocycles. The van der Waals surface area contributed by atoms with Crippen LogP contribution in [0.5, 0.6) is 0 Å². The molecule has 0 heterocycles. The van der Waals surface area contributed by atoms with E-state index in [1.165, 1.54) is 18.4 Å². The van der Waals surface area contributed by atoms with E-state index < -0.39 is 11.7 Å². The summed E-state index contributed by atoms with van der Waals surface area (Å²) >= 11 is 0. The number of rotatable bonds is 10. The normalized spacial score (nSPS) is 14.4. The smallest absolute Gasteiger partial charge is 0.412 e. The number of guanidine groups is 1. The number of hydrogen-bond donors (Lipinski definition) is 3. The summed E-state index contributed by atoms with van der Waals surface area (Å²) in [5.74, 6) is 1.60. The summed E-state index contributed by atoms with van der Waals surface area (Å²) in [6, 6.07) is 7.78. The van der Waals surface area contributed by atoms with Gasteiger partial charge in [0.05, 0.1) is 13.2 Å². The fourth-order valence-electron chi connectivity index (χ4n) is 2.60. The number of benzene rings is 1. The minimum absolute atomic E-state index is 0.445. The van der Waals surface area contributed by atoms with E-state index in [4.69, 9.17) is 9.47 Å². The molecule has 1 aliphatic carbocycles. The molecular weight excluding hydrogens is 368 g/mol. The number of carbonyl (C=O) groups is 1. The van der Waals surface area contributed by atoms with E-state index in [1.54, 1.807) is 0 Å². The minimum atomic E-state index is -0.509. The van der Waals surface area contributed by atoms with Gasteiger partial charge in [0.1, 0.15) is 5.60 Å². The first kappa shape index (κ1) is 23.0. The predicted octanol–water partition coefficient (Wildman–Crippen LogP) is 3.56. The average Bonchev–Trinajstić information content (AvgIpc) is 3.45. The van der Waals surface area contributed by atoms with Gasteiger partial charge in [0.25, 0.3) is 0 Å². The van der Waals surface area contributed by atoms with Gasteiger partial charge in [-0.1, -0.05) is 12.1 Å². The lowest BCUT2D eigenvalue weighted by molar-refractivity contribution is 0.0636. The Morgan fingerprint density at radius 1 is 1.17 bits per heavy atom. The van der Waals surface area contributed by atoms with E-state index in [9.17, 15) is 4.79 Å². The second-order valence-corrected chi connectivity index (χ2v) is 8.28. The van der Waals surface area contributed by atoms with Crippen LogP contribution in [0, 0.1) is 5.92 Å². The van der Waals surface area contributed by atoms with Crippen LogP contribution in [0.2, 0.25) is 0 Å². The van der Waals surface area contributed by atoms with Crippen molar-refractivity contribution in [2.75, 3.05) is 38.2 Å². The van der Waals surface area contributed by atoms with Crippen molar-refractivity contribution in [3.8, 4) is 0 Å². The number of anilines is 1. The van der Waals surface area contributed by atoms with Gasteiger partial charge in [-0.15, -0.1) is 0 Å². The van der Waals surface area contributed by atoms with Gasteiger partial charge in [0, 0.05) is 25.4 Å². The molecule has 7 heteroatoms. The van der Waals surface area contributed by atoms with Crippen LogP contribution < -0.4 is 16.0 Å². The van der Waals surface area contributed by atoms with E-state index in [0.29, 0.717) is 13.2 Å². The Kier molecular flexibility index (Phi) is 9.25. The zero-order valence-electron chi connectivity index (χ0n) is 18.2. The third kappa shape index (κ3) is 10.7. The van der Waals surface area contributed by atoms with Crippen LogP contribution in [-0.4, -0.2) is 50.5 Å². The summed E-state index contributed by atoms with van der Waals surface area (Å²) in [4.78, 5) is 16.4. The number of hydrogen-bond acceptors (Lipinski definition) is 4. The Morgan fingerprint density at radius 3 is 2.52 bits per heavy atom. The second kappa shape index (κ2) is 11.7. The average molecular weight is 405 g/mol. The first-order chi connectivity index (χ1) is 13.9. The van der Waals surface area contributed by atoms with Gasteiger partial charge in [-0.05, 0) is 70.6 Å². The predicted molar refractivity (Wildman–Crippen MR) is 118 cm³/mol. The fraction of sp³-hybridized carbons (Fsp3) is 0.636. The monoisotopic (exact) mass is 404 g/mol. The van der Waals surface area contributed by atoms with Crippen LogP contribution in [-0.2, 0) is 15.9 Å². The molecule has 0 spiro atoms. The summed E-state index contributed by atoms with van der Waals surface area (Å²) in [6.07, 6.45) is 3.03. The van der Waals surface area contributed by atoms with E-state index in [2.05, 4.69) is 27.9 Å². The molecular formula is C22H36N4O3. The van der Waals surface area contributed by atoms with Crippen molar-refractivity contribution in [1.29, 1.82) is 0 Å². The molecule has 1 aliphatic rings. The summed E-state index contributed by atoms with van der Waals surface area (Å²) in [5.41, 5.74) is 1.39. The first-order valence-electron chi connectivity index (χ1n) is 10.5. The van der Waals surface area contributed by atoms with Gasteiger partial charge in [-0.2, -0.15) is 0 Å². The molecule has 0 saturated heterocycles. The van der Waals surface area contributed by atoms with Crippen molar-refractivity contribution in [2.24, 2.45) is 10.9 Å². The lowest BCUT2D eigenvalue weighted by atomic mass is 10.1. The molecule has 2 rings (SSSR count). The van der Waals surface area contributed by atoms with Crippen LogP contribution in [0.25, 0.3) is 0 Å². The van der Waals surface area contributed by atoms with E-state index in [-0.39, 0.29) is 0 Å². The third-order valence-corrected chi connectivity index (χ3v) is 4.21. The molecule has 1 amide bonds. The van der Waals surface area contributed by atoms with Crippen LogP contribution >= 0.6 is 0 Å². The van der Waals surface area contributed by atoms with E-state index >= 15 is 0 Å². The highest BCUT2D eigenvalue weighted by molar-refractivity contribution is 5.84. The van der Waals surface area contributed by atoms with Gasteiger partial charge in [-0.25, -0.2) is 4.79 Å². The molecule has 7 nitrogen and oxygen atoms in total. The summed E-state index contributed by atoms with van der Waals surface area (Å²) in [7, 11) is 0. The van der Waals surface area contributed by atoms with Crippen molar-refractivity contribution in [3.63, 3.8) is 0 Å². The third-order valence-electron chi connectivity index (χ3n) is 4.21. The number of nitrogens with zero attached hydrogens (tertiary/aromatic N) is 1. The Bertz CT molecular complexity index is 649. The van der Waals surface area contributed by atoms with Crippen molar-refractivity contribution >= 4 is 17.7 Å². The molecule has 0 unspecified atom stereocenters. The molecule has 1 fully saturated rings. The quantitative estimate of drug-likeness (QED) is 0.315. The summed E-state index contributed by atoms with van der Waals surface area (Å²) in [5, 5.41) is 9.34. The minimum Gasteiger partial charge on any atom is -0.444 e. The SMILES string of the molecule is CCNC(=NCCOCC1CC1)NCCc1ccc(NC(=O)OC(C)(C)C)cc1. The number of carbonyl (C=O) groups excluding carboxylic acids is 1. The van der Waals surface area contributed by atoms with E-state index in [0.717, 1.165) is 43.7 Å². The van der Waals surface area contributed by atoms with Gasteiger partial charge in [0.15, 0.2) is 5.96 Å². The lowest BCUT2D eigenvalue weighted by Gasteiger charge is -2.19. The largest absolute Gasteiger partial charge is 0.444 e. The molecule has 1 aromatic carbocycles. The number of aliphatic imine (C=N–C) groups is 1. The zero-order valence-corrected chi connectivity index (χ0v) is 18.2. The maximum absolute atomic E-state index is 11.8. The maximum Gasteiger partial charge on any atom is 0.412 e. The highest BCUT2D eigenvalue weighted by Gasteiger charge is 2.20. The lowest BCUT2D eigenvalue weighted by Crippen LogP contribution is -2.38. The van der Waals surface area contributed by atoms with Crippen molar-refractivity contribution < 1.29 is 14.3 Å². The first-order valence-corrected chi connectivity index (χ1v) is 10.5. The van der Waals surface area contributed by atoms with Crippen molar-refractivity contribution in [1.82, 2.24) is 10.6 Å². The zero-order chi connectivity index (χ0) is 21.1. The van der Waals surface area contributed by atoms with Gasteiger partial charge >= 0.3 is 6.09 Å². The standard InChI is InChI=1S/C22H36N4O3/c1-5-23-20(25-14-15-28-16-18-6-7-18)24-13-12-17-8-10-19(11-9-17)26-21(27)29-22(2,3)4/h8-11,18H,5-7,12-16H2,1-4H3,(H,26,27)(H2,23,24,25). The number of amides is 1. The van der Waals surface area contributed by atoms with Crippen LogP contribution in [0.1, 0.15) is 46.1 Å². The molecule has 1 aromatic rings. The van der Waals surface area contributed by atoms with Crippen LogP contribution in [0.15, 0.2) is 29.3 Å². The summed E-state index contributed by atoms with van der Waals surface area (Å²) in [6.45, 7) is 11.4. The Labute approximate surface area is 174 Å². The second-order valence-electron chi connectivity index (χ2n) is 8.28. The molecule has 3 N–H and O–H groups in total. The van der Waals surface area contributed by atoms with Crippen molar-refractivity contribution in [3.05, 3.63) is 29.8 Å². The highest BCUT2D eigenvalue weighted by atomic mass is 16.6. The van der Waals surface area contributed by atoms with Crippen LogP contribution in [0.3, 0.4) is 0 Å². The molecule has 29 heavy (non-hydrogen) atoms. The Hall–Kier alpha value is -2.28. The van der Waals surface area contributed by atoms with Gasteiger partial charge in [0.2, 0.25) is 0 Å². The fourth-order valence-corrected chi connectivity index (χ4v) is 2.60. The van der Waals surface area contributed by atoms with Gasteiger partial charge in [-0.3, -0.25) is 10.3 Å². The molecule has 0 atom stereocenters.